The van der Waals surface area contributed by atoms with Gasteiger partial charge in [0.1, 0.15) is 4.70 Å². The molecule has 0 aromatic carbocycles. The van der Waals surface area contributed by atoms with Crippen LogP contribution in [0.4, 0.5) is 5.95 Å². The lowest BCUT2D eigenvalue weighted by Crippen LogP contribution is -2.35. The van der Waals surface area contributed by atoms with Gasteiger partial charge in [0.05, 0.1) is 18.5 Å². The van der Waals surface area contributed by atoms with Crippen LogP contribution >= 0.6 is 22.9 Å². The average Bonchev–Trinajstić information content (AvgIpc) is 3.11. The second-order valence-corrected chi connectivity index (χ2v) is 8.87. The minimum absolute atomic E-state index is 0.169. The van der Waals surface area contributed by atoms with Gasteiger partial charge in [-0.25, -0.2) is 4.99 Å². The highest BCUT2D eigenvalue weighted by Gasteiger charge is 2.39. The highest BCUT2D eigenvalue weighted by atomic mass is 35.5. The molecule has 0 unspecified atom stereocenters. The zero-order chi connectivity index (χ0) is 20.6. The van der Waals surface area contributed by atoms with Gasteiger partial charge in [0.2, 0.25) is 0 Å². The maximum atomic E-state index is 12.8. The summed E-state index contributed by atoms with van der Waals surface area (Å²) in [5.41, 5.74) is 0.431. The van der Waals surface area contributed by atoms with Gasteiger partial charge < -0.3 is 14.7 Å². The molecule has 3 rings (SSSR count). The van der Waals surface area contributed by atoms with E-state index in [1.807, 2.05) is 20.2 Å². The van der Waals surface area contributed by atoms with E-state index < -0.39 is 5.79 Å². The van der Waals surface area contributed by atoms with Gasteiger partial charge in [0.15, 0.2) is 16.6 Å². The van der Waals surface area contributed by atoms with Crippen molar-refractivity contribution in [1.29, 1.82) is 0 Å². The summed E-state index contributed by atoms with van der Waals surface area (Å²) in [4.78, 5) is 27.2. The third kappa shape index (κ3) is 4.43. The van der Waals surface area contributed by atoms with Gasteiger partial charge in [0.25, 0.3) is 5.95 Å². The van der Waals surface area contributed by atoms with Gasteiger partial charge >= 0.3 is 4.87 Å². The molecule has 2 aromatic rings. The van der Waals surface area contributed by atoms with Crippen LogP contribution in [0.25, 0.3) is 10.3 Å². The second kappa shape index (κ2) is 7.90. The van der Waals surface area contributed by atoms with Crippen LogP contribution in [-0.4, -0.2) is 56.9 Å². The van der Waals surface area contributed by atoms with E-state index in [9.17, 15) is 9.90 Å². The molecule has 1 N–H and O–H groups in total. The lowest BCUT2D eigenvalue weighted by atomic mass is 10.1. The van der Waals surface area contributed by atoms with Crippen molar-refractivity contribution in [3.8, 4) is 0 Å². The number of fused-ring (bicyclic) bond motifs is 1. The van der Waals surface area contributed by atoms with E-state index in [4.69, 9.17) is 16.3 Å². The topological polar surface area (TPSA) is 92.8 Å². The number of nitrogens with zero attached hydrogens (tertiary/aromatic N) is 5. The van der Waals surface area contributed by atoms with Crippen LogP contribution in [0.2, 0.25) is 5.15 Å². The molecule has 10 heteroatoms. The third-order valence-corrected chi connectivity index (χ3v) is 5.76. The van der Waals surface area contributed by atoms with Crippen LogP contribution in [0, 0.1) is 5.92 Å². The monoisotopic (exact) mass is 425 g/mol. The van der Waals surface area contributed by atoms with Crippen molar-refractivity contribution in [2.75, 3.05) is 14.1 Å². The van der Waals surface area contributed by atoms with E-state index in [0.29, 0.717) is 23.2 Å². The molecule has 1 aliphatic rings. The van der Waals surface area contributed by atoms with Crippen molar-refractivity contribution in [1.82, 2.24) is 19.4 Å². The van der Waals surface area contributed by atoms with Crippen LogP contribution in [0.15, 0.2) is 22.4 Å². The standard InChI is InChI=1S/C18H24ClN5O3S/c1-6-10-7-11(12(8-10)27-18(2,3)26)24-15-13(28-17(24)25)14(19)21-16(22-15)20-9-23(4)5/h6,9-12,26H,1,7-8H2,2-5H3/b20-9+/t10-,11+,12+/m0/s1. The Labute approximate surface area is 172 Å². The third-order valence-electron chi connectivity index (χ3n) is 4.43. The molecule has 1 saturated carbocycles. The number of aliphatic imine (C=N–C) groups is 1. The summed E-state index contributed by atoms with van der Waals surface area (Å²) < 4.78 is 7.96. The van der Waals surface area contributed by atoms with E-state index in [2.05, 4.69) is 21.5 Å². The molecule has 0 amide bonds. The van der Waals surface area contributed by atoms with Gasteiger partial charge in [-0.2, -0.15) is 9.97 Å². The SMILES string of the molecule is C=C[C@H]1C[C@@H](n2c(=O)sc3c(Cl)nc(/N=C/N(C)C)nc32)[C@H](OC(C)(C)O)C1. The maximum absolute atomic E-state index is 12.8. The Morgan fingerprint density at radius 3 is 2.75 bits per heavy atom. The Morgan fingerprint density at radius 2 is 2.14 bits per heavy atom. The van der Waals surface area contributed by atoms with E-state index in [-0.39, 0.29) is 34.0 Å². The molecular formula is C18H24ClN5O3S. The lowest BCUT2D eigenvalue weighted by Gasteiger charge is -2.28. The van der Waals surface area contributed by atoms with Gasteiger partial charge in [-0.1, -0.05) is 29.0 Å². The predicted molar refractivity (Wildman–Crippen MR) is 112 cm³/mol. The first-order valence-corrected chi connectivity index (χ1v) is 10.1. The lowest BCUT2D eigenvalue weighted by molar-refractivity contribution is -0.210. The Hall–Kier alpha value is -1.81. The van der Waals surface area contributed by atoms with Gasteiger partial charge in [0, 0.05) is 14.1 Å². The smallest absolute Gasteiger partial charge is 0.309 e. The fourth-order valence-corrected chi connectivity index (χ4v) is 4.50. The van der Waals surface area contributed by atoms with Crippen LogP contribution in [0.1, 0.15) is 32.7 Å². The highest BCUT2D eigenvalue weighted by Crippen LogP contribution is 2.40. The first kappa shape index (κ1) is 20.9. The summed E-state index contributed by atoms with van der Waals surface area (Å²) >= 11 is 7.30. The molecule has 1 fully saturated rings. The summed E-state index contributed by atoms with van der Waals surface area (Å²) in [7, 11) is 3.66. The summed E-state index contributed by atoms with van der Waals surface area (Å²) in [5, 5.41) is 10.3. The molecule has 152 valence electrons. The number of hydrogen-bond donors (Lipinski definition) is 1. The average molecular weight is 426 g/mol. The Bertz CT molecular complexity index is 963. The molecular weight excluding hydrogens is 402 g/mol. The van der Waals surface area contributed by atoms with Crippen molar-refractivity contribution in [3.05, 3.63) is 27.5 Å². The van der Waals surface area contributed by atoms with Gasteiger partial charge in [-0.15, -0.1) is 6.58 Å². The first-order chi connectivity index (χ1) is 13.1. The molecule has 2 aromatic heterocycles. The quantitative estimate of drug-likeness (QED) is 0.251. The Balaban J connectivity index is 2.11. The number of thiazole rings is 1. The number of ether oxygens (including phenoxy) is 1. The largest absolute Gasteiger partial charge is 0.369 e. The van der Waals surface area contributed by atoms with Crippen LogP contribution in [0.3, 0.4) is 0 Å². The van der Waals surface area contributed by atoms with Gasteiger partial charge in [-0.05, 0) is 32.6 Å². The summed E-state index contributed by atoms with van der Waals surface area (Å²) in [6.07, 6.45) is 4.38. The summed E-state index contributed by atoms with van der Waals surface area (Å²) in [6.45, 7) is 7.02. The number of allylic oxidation sites excluding steroid dienone is 1. The van der Waals surface area contributed by atoms with Crippen molar-refractivity contribution in [2.45, 2.75) is 44.6 Å². The minimum atomic E-state index is -1.32. The van der Waals surface area contributed by atoms with E-state index in [1.54, 1.807) is 29.7 Å². The second-order valence-electron chi connectivity index (χ2n) is 7.55. The predicted octanol–water partition coefficient (Wildman–Crippen LogP) is 2.98. The zero-order valence-corrected chi connectivity index (χ0v) is 17.9. The highest BCUT2D eigenvalue weighted by molar-refractivity contribution is 7.17. The van der Waals surface area contributed by atoms with Crippen molar-refractivity contribution < 1.29 is 9.84 Å². The van der Waals surface area contributed by atoms with E-state index in [1.165, 1.54) is 0 Å². The van der Waals surface area contributed by atoms with Crippen molar-refractivity contribution >= 4 is 45.6 Å². The van der Waals surface area contributed by atoms with Crippen molar-refractivity contribution in [3.63, 3.8) is 0 Å². The van der Waals surface area contributed by atoms with Crippen LogP contribution in [-0.2, 0) is 4.74 Å². The number of rotatable bonds is 6. The molecule has 1 aliphatic carbocycles. The maximum Gasteiger partial charge on any atom is 0.309 e. The van der Waals surface area contributed by atoms with Crippen LogP contribution in [0.5, 0.6) is 0 Å². The Morgan fingerprint density at radius 1 is 1.43 bits per heavy atom. The number of aliphatic hydroxyl groups is 1. The Kier molecular flexibility index (Phi) is 5.90. The number of aromatic nitrogens is 3. The molecule has 2 heterocycles. The van der Waals surface area contributed by atoms with Crippen molar-refractivity contribution in [2.24, 2.45) is 10.9 Å². The van der Waals surface area contributed by atoms with Crippen LogP contribution < -0.4 is 4.87 Å². The molecule has 0 spiro atoms. The normalized spacial score (nSPS) is 23.0. The minimum Gasteiger partial charge on any atom is -0.369 e. The van der Waals surface area contributed by atoms with E-state index in [0.717, 1.165) is 11.3 Å². The fourth-order valence-electron chi connectivity index (χ4n) is 3.37. The molecule has 0 bridgehead atoms. The molecule has 3 atom stereocenters. The molecule has 0 aliphatic heterocycles. The van der Waals surface area contributed by atoms with E-state index >= 15 is 0 Å². The molecule has 0 radical (unpaired) electrons. The molecule has 0 saturated heterocycles. The molecule has 8 nitrogen and oxygen atoms in total. The fraction of sp³-hybridized carbons (Fsp3) is 0.556. The summed E-state index contributed by atoms with van der Waals surface area (Å²) in [5.74, 6) is -0.971. The van der Waals surface area contributed by atoms with Gasteiger partial charge in [-0.3, -0.25) is 9.36 Å². The zero-order valence-electron chi connectivity index (χ0n) is 16.3. The number of halogens is 1. The summed E-state index contributed by atoms with van der Waals surface area (Å²) in [6, 6.07) is -0.299. The first-order valence-electron chi connectivity index (χ1n) is 8.91. The number of hydrogen-bond acceptors (Lipinski definition) is 7. The molecule has 28 heavy (non-hydrogen) atoms.